The highest BCUT2D eigenvalue weighted by atomic mass is 32.2. The first-order valence-electron chi connectivity index (χ1n) is 6.53. The van der Waals surface area contributed by atoms with Crippen molar-refractivity contribution in [3.63, 3.8) is 0 Å². The van der Waals surface area contributed by atoms with Gasteiger partial charge in [-0.25, -0.2) is 13.2 Å². The van der Waals surface area contributed by atoms with Crippen LogP contribution in [0.25, 0.3) is 0 Å². The summed E-state index contributed by atoms with van der Waals surface area (Å²) in [5.74, 6) is -0.161. The molecule has 5 nitrogen and oxygen atoms in total. The molecular formula is C14H19NO4S. The van der Waals surface area contributed by atoms with Crippen molar-refractivity contribution >= 4 is 15.8 Å². The quantitative estimate of drug-likeness (QED) is 0.782. The van der Waals surface area contributed by atoms with E-state index in [9.17, 15) is 13.2 Å². The molecule has 6 heteroatoms. The monoisotopic (exact) mass is 297 g/mol. The van der Waals surface area contributed by atoms with E-state index in [1.54, 1.807) is 19.1 Å². The lowest BCUT2D eigenvalue weighted by Gasteiger charge is -2.30. The second-order valence-corrected chi connectivity index (χ2v) is 7.64. The first kappa shape index (κ1) is 15.0. The fraction of sp³-hybridized carbons (Fsp3) is 0.500. The molecule has 0 saturated carbocycles. The molecule has 1 aliphatic heterocycles. The maximum atomic E-state index is 11.7. The highest BCUT2D eigenvalue weighted by Gasteiger charge is 2.29. The van der Waals surface area contributed by atoms with Gasteiger partial charge in [-0.1, -0.05) is 12.1 Å². The Morgan fingerprint density at radius 3 is 2.85 bits per heavy atom. The van der Waals surface area contributed by atoms with Crippen LogP contribution < -0.4 is 0 Å². The third-order valence-corrected chi connectivity index (χ3v) is 5.70. The normalized spacial score (nSPS) is 22.4. The van der Waals surface area contributed by atoms with E-state index in [4.69, 9.17) is 4.74 Å². The number of carbonyl (C=O) groups excluding carboxylic acids is 1. The van der Waals surface area contributed by atoms with Crippen LogP contribution >= 0.6 is 0 Å². The lowest BCUT2D eigenvalue weighted by Crippen LogP contribution is -2.44. The molecule has 1 heterocycles. The smallest absolute Gasteiger partial charge is 0.337 e. The Hall–Kier alpha value is -1.40. The highest BCUT2D eigenvalue weighted by molar-refractivity contribution is 7.92. The van der Waals surface area contributed by atoms with Gasteiger partial charge in [-0.05, 0) is 24.6 Å². The molecule has 2 rings (SSSR count). The van der Waals surface area contributed by atoms with Gasteiger partial charge in [0.1, 0.15) is 0 Å². The molecule has 110 valence electrons. The predicted molar refractivity (Wildman–Crippen MR) is 76.3 cm³/mol. The molecule has 1 aromatic rings. The number of sulfone groups is 1. The molecule has 1 aliphatic rings. The van der Waals surface area contributed by atoms with Crippen LogP contribution in [-0.4, -0.2) is 50.5 Å². The van der Waals surface area contributed by atoms with Gasteiger partial charge in [0.25, 0.3) is 0 Å². The molecule has 0 amide bonds. The van der Waals surface area contributed by atoms with E-state index in [1.165, 1.54) is 7.11 Å². The standard InChI is InChI=1S/C14H19NO4S/c1-11-9-15(6-7-20(11,17)18)10-12-4-3-5-13(8-12)14(16)19-2/h3-5,8,11H,6-7,9-10H2,1-2H3. The van der Waals surface area contributed by atoms with Gasteiger partial charge < -0.3 is 4.74 Å². The summed E-state index contributed by atoms with van der Waals surface area (Å²) in [4.78, 5) is 13.6. The fourth-order valence-corrected chi connectivity index (χ4v) is 3.70. The predicted octanol–water partition coefficient (Wildman–Crippen LogP) is 1.09. The van der Waals surface area contributed by atoms with Crippen molar-refractivity contribution in [2.75, 3.05) is 26.0 Å². The maximum absolute atomic E-state index is 11.7. The molecule has 20 heavy (non-hydrogen) atoms. The first-order valence-corrected chi connectivity index (χ1v) is 8.25. The number of nitrogens with zero attached hydrogens (tertiary/aromatic N) is 1. The minimum absolute atomic E-state index is 0.199. The van der Waals surface area contributed by atoms with Crippen LogP contribution in [0.5, 0.6) is 0 Å². The van der Waals surface area contributed by atoms with E-state index in [1.807, 2.05) is 12.1 Å². The zero-order chi connectivity index (χ0) is 14.8. The van der Waals surface area contributed by atoms with Crippen LogP contribution in [0.3, 0.4) is 0 Å². The van der Waals surface area contributed by atoms with Crippen LogP contribution in [0, 0.1) is 0 Å². The summed E-state index contributed by atoms with van der Waals surface area (Å²) in [6, 6.07) is 7.24. The number of hydrogen-bond acceptors (Lipinski definition) is 5. The van der Waals surface area contributed by atoms with E-state index < -0.39 is 9.84 Å². The topological polar surface area (TPSA) is 63.7 Å². The third-order valence-electron chi connectivity index (χ3n) is 3.57. The van der Waals surface area contributed by atoms with Gasteiger partial charge >= 0.3 is 5.97 Å². The van der Waals surface area contributed by atoms with Gasteiger partial charge in [-0.15, -0.1) is 0 Å². The van der Waals surface area contributed by atoms with Gasteiger partial charge in [0.2, 0.25) is 0 Å². The molecule has 1 saturated heterocycles. The number of methoxy groups -OCH3 is 1. The number of carbonyl (C=O) groups is 1. The highest BCUT2D eigenvalue weighted by Crippen LogP contribution is 2.16. The second kappa shape index (κ2) is 5.93. The Labute approximate surface area is 119 Å². The molecule has 0 spiro atoms. The van der Waals surface area contributed by atoms with E-state index in [0.29, 0.717) is 25.2 Å². The molecular weight excluding hydrogens is 278 g/mol. The summed E-state index contributed by atoms with van der Waals surface area (Å²) in [7, 11) is -1.57. The molecule has 1 unspecified atom stereocenters. The summed E-state index contributed by atoms with van der Waals surface area (Å²) >= 11 is 0. The van der Waals surface area contributed by atoms with Crippen LogP contribution in [0.1, 0.15) is 22.8 Å². The molecule has 0 N–H and O–H groups in total. The minimum atomic E-state index is -2.93. The molecule has 1 fully saturated rings. The number of ether oxygens (including phenoxy) is 1. The third kappa shape index (κ3) is 3.37. The average molecular weight is 297 g/mol. The van der Waals surface area contributed by atoms with Gasteiger partial charge in [0, 0.05) is 19.6 Å². The van der Waals surface area contributed by atoms with E-state index in [0.717, 1.165) is 5.56 Å². The van der Waals surface area contributed by atoms with E-state index >= 15 is 0 Å². The summed E-state index contributed by atoms with van der Waals surface area (Å²) in [5, 5.41) is -0.333. The summed E-state index contributed by atoms with van der Waals surface area (Å²) < 4.78 is 28.0. The Balaban J connectivity index is 2.06. The van der Waals surface area contributed by atoms with E-state index in [2.05, 4.69) is 4.90 Å². The van der Waals surface area contributed by atoms with Gasteiger partial charge in [-0.3, -0.25) is 4.90 Å². The van der Waals surface area contributed by atoms with Gasteiger partial charge in [0.05, 0.1) is 23.7 Å². The van der Waals surface area contributed by atoms with Crippen LogP contribution in [0.4, 0.5) is 0 Å². The van der Waals surface area contributed by atoms with Crippen molar-refractivity contribution in [2.45, 2.75) is 18.7 Å². The molecule has 0 bridgehead atoms. The minimum Gasteiger partial charge on any atom is -0.465 e. The molecule has 1 atom stereocenters. The molecule has 0 radical (unpaired) electrons. The first-order chi connectivity index (χ1) is 9.42. The fourth-order valence-electron chi connectivity index (χ4n) is 2.34. The number of esters is 1. The maximum Gasteiger partial charge on any atom is 0.337 e. The second-order valence-electron chi connectivity index (χ2n) is 5.10. The Morgan fingerprint density at radius 2 is 2.20 bits per heavy atom. The SMILES string of the molecule is COC(=O)c1cccc(CN2CCS(=O)(=O)C(C)C2)c1. The molecule has 0 aliphatic carbocycles. The zero-order valence-corrected chi connectivity index (χ0v) is 12.5. The van der Waals surface area contributed by atoms with Crippen LogP contribution in [0.2, 0.25) is 0 Å². The lowest BCUT2D eigenvalue weighted by atomic mass is 10.1. The van der Waals surface area contributed by atoms with Crippen LogP contribution in [-0.2, 0) is 21.1 Å². The largest absolute Gasteiger partial charge is 0.465 e. The zero-order valence-electron chi connectivity index (χ0n) is 11.7. The van der Waals surface area contributed by atoms with Crippen molar-refractivity contribution in [3.8, 4) is 0 Å². The average Bonchev–Trinajstić information content (AvgIpc) is 2.43. The molecule has 0 aromatic heterocycles. The summed E-state index contributed by atoms with van der Waals surface area (Å²) in [6.07, 6.45) is 0. The van der Waals surface area contributed by atoms with Crippen molar-refractivity contribution in [1.29, 1.82) is 0 Å². The Bertz CT molecular complexity index is 597. The van der Waals surface area contributed by atoms with Gasteiger partial charge in [0.15, 0.2) is 9.84 Å². The van der Waals surface area contributed by atoms with Crippen molar-refractivity contribution in [2.24, 2.45) is 0 Å². The van der Waals surface area contributed by atoms with Gasteiger partial charge in [-0.2, -0.15) is 0 Å². The van der Waals surface area contributed by atoms with Crippen LogP contribution in [0.15, 0.2) is 24.3 Å². The summed E-state index contributed by atoms with van der Waals surface area (Å²) in [5.41, 5.74) is 1.50. The Morgan fingerprint density at radius 1 is 1.45 bits per heavy atom. The lowest BCUT2D eigenvalue weighted by molar-refractivity contribution is 0.0600. The number of rotatable bonds is 3. The van der Waals surface area contributed by atoms with Crippen molar-refractivity contribution in [1.82, 2.24) is 4.90 Å². The summed E-state index contributed by atoms with van der Waals surface area (Å²) in [6.45, 7) is 3.46. The van der Waals surface area contributed by atoms with Crippen molar-refractivity contribution in [3.05, 3.63) is 35.4 Å². The van der Waals surface area contributed by atoms with Crippen molar-refractivity contribution < 1.29 is 17.9 Å². The number of hydrogen-bond donors (Lipinski definition) is 0. The number of benzene rings is 1. The molecule has 1 aromatic carbocycles. The van der Waals surface area contributed by atoms with E-state index in [-0.39, 0.29) is 17.0 Å². The Kier molecular flexibility index (Phi) is 4.45.